The van der Waals surface area contributed by atoms with Crippen LogP contribution in [-0.4, -0.2) is 32.5 Å². The molecule has 3 rings (SSSR count). The van der Waals surface area contributed by atoms with Gasteiger partial charge < -0.3 is 9.64 Å². The van der Waals surface area contributed by atoms with Crippen LogP contribution in [0.5, 0.6) is 5.75 Å². The molecule has 33 heavy (non-hydrogen) atoms. The molecule has 0 radical (unpaired) electrons. The summed E-state index contributed by atoms with van der Waals surface area (Å²) >= 11 is 6.28. The Kier molecular flexibility index (Phi) is 8.13. The normalized spacial score (nSPS) is 12.2. The quantitative estimate of drug-likeness (QED) is 0.452. The van der Waals surface area contributed by atoms with E-state index >= 15 is 0 Å². The van der Waals surface area contributed by atoms with E-state index in [-0.39, 0.29) is 10.6 Å². The van der Waals surface area contributed by atoms with Crippen LogP contribution in [0.4, 0.5) is 4.79 Å². The maximum Gasteiger partial charge on any atom is 0.415 e. The number of nitrogens with one attached hydrogen (secondary N) is 1. The lowest BCUT2D eigenvalue weighted by molar-refractivity contribution is 0.156. The molecule has 0 aliphatic rings. The van der Waals surface area contributed by atoms with E-state index in [0.29, 0.717) is 29.2 Å². The van der Waals surface area contributed by atoms with Crippen molar-refractivity contribution < 1.29 is 17.9 Å². The van der Waals surface area contributed by atoms with Gasteiger partial charge in [-0.2, -0.15) is 4.72 Å². The van der Waals surface area contributed by atoms with Crippen molar-refractivity contribution in [2.75, 3.05) is 13.1 Å². The number of nitrogens with zero attached hydrogens (tertiary/aromatic N) is 1. The molecule has 0 spiro atoms. The number of rotatable bonds is 8. The molecular weight excluding hydrogens is 460 g/mol. The number of ether oxygens (including phenoxy) is 1. The monoisotopic (exact) mass is 486 g/mol. The molecule has 174 valence electrons. The van der Waals surface area contributed by atoms with Gasteiger partial charge in [-0.25, -0.2) is 13.2 Å². The second-order valence-corrected chi connectivity index (χ2v) is 9.65. The number of aryl methyl sites for hydroxylation is 1. The van der Waals surface area contributed by atoms with E-state index in [1.54, 1.807) is 54.6 Å². The Labute approximate surface area is 200 Å². The lowest BCUT2D eigenvalue weighted by Crippen LogP contribution is -2.34. The molecule has 0 aliphatic heterocycles. The molecule has 0 saturated heterocycles. The average molecular weight is 487 g/mol. The molecule has 1 amide bonds. The number of hydrogen-bond acceptors (Lipinski definition) is 4. The molecule has 0 fully saturated rings. The van der Waals surface area contributed by atoms with Gasteiger partial charge in [0.05, 0.1) is 10.9 Å². The molecular formula is C25H27ClN2O4S. The molecule has 0 saturated carbocycles. The first-order valence-electron chi connectivity index (χ1n) is 10.6. The van der Waals surface area contributed by atoms with Crippen LogP contribution in [0, 0.1) is 6.92 Å². The molecule has 3 aromatic rings. The summed E-state index contributed by atoms with van der Waals surface area (Å²) < 4.78 is 35.0. The van der Waals surface area contributed by atoms with Crippen molar-refractivity contribution in [2.45, 2.75) is 31.7 Å². The zero-order valence-corrected chi connectivity index (χ0v) is 20.4. The van der Waals surface area contributed by atoms with E-state index < -0.39 is 22.2 Å². The second-order valence-electron chi connectivity index (χ2n) is 7.50. The second kappa shape index (κ2) is 10.8. The molecule has 1 atom stereocenters. The van der Waals surface area contributed by atoms with Gasteiger partial charge in [0.15, 0.2) is 0 Å². The van der Waals surface area contributed by atoms with E-state index in [1.165, 1.54) is 4.90 Å². The lowest BCUT2D eigenvalue weighted by Gasteiger charge is -2.24. The number of carbonyl (C=O) groups is 1. The fourth-order valence-electron chi connectivity index (χ4n) is 3.38. The van der Waals surface area contributed by atoms with Gasteiger partial charge in [0.2, 0.25) is 10.0 Å². The minimum absolute atomic E-state index is 0.137. The smallest absolute Gasteiger partial charge is 0.410 e. The van der Waals surface area contributed by atoms with Gasteiger partial charge in [0, 0.05) is 23.7 Å². The number of halogens is 1. The first kappa shape index (κ1) is 24.8. The molecule has 0 unspecified atom stereocenters. The highest BCUT2D eigenvalue weighted by Crippen LogP contribution is 2.34. The molecule has 0 heterocycles. The highest BCUT2D eigenvalue weighted by Gasteiger charge is 2.27. The Balaban J connectivity index is 2.08. The SMILES string of the molecule is CCN(CC)C(=O)Oc1ccc(Cl)cc1[C@@H](NS(=O)(=O)c1ccc(C)cc1)c1ccccc1. The number of sulfonamides is 1. The van der Waals surface area contributed by atoms with Gasteiger partial charge in [-0.3, -0.25) is 0 Å². The number of hydrogen-bond donors (Lipinski definition) is 1. The van der Waals surface area contributed by atoms with E-state index in [2.05, 4.69) is 4.72 Å². The Bertz CT molecular complexity index is 1190. The van der Waals surface area contributed by atoms with E-state index in [1.807, 2.05) is 39.0 Å². The predicted octanol–water partition coefficient (Wildman–Crippen LogP) is 5.56. The van der Waals surface area contributed by atoms with Crippen molar-refractivity contribution in [1.82, 2.24) is 9.62 Å². The van der Waals surface area contributed by atoms with Gasteiger partial charge >= 0.3 is 6.09 Å². The Hall–Kier alpha value is -2.87. The van der Waals surface area contributed by atoms with Crippen LogP contribution >= 0.6 is 11.6 Å². The fraction of sp³-hybridized carbons (Fsp3) is 0.240. The molecule has 6 nitrogen and oxygen atoms in total. The number of benzene rings is 3. The highest BCUT2D eigenvalue weighted by molar-refractivity contribution is 7.89. The van der Waals surface area contributed by atoms with E-state index in [9.17, 15) is 13.2 Å². The molecule has 8 heteroatoms. The summed E-state index contributed by atoms with van der Waals surface area (Å²) in [6, 6.07) is 19.6. The Morgan fingerprint density at radius 2 is 1.64 bits per heavy atom. The first-order valence-corrected chi connectivity index (χ1v) is 12.5. The van der Waals surface area contributed by atoms with Gasteiger partial charge in [0.1, 0.15) is 5.75 Å². The predicted molar refractivity (Wildman–Crippen MR) is 130 cm³/mol. The summed E-state index contributed by atoms with van der Waals surface area (Å²) in [5.41, 5.74) is 2.06. The fourth-order valence-corrected chi connectivity index (χ4v) is 4.76. The summed E-state index contributed by atoms with van der Waals surface area (Å²) in [5.74, 6) is 0.233. The highest BCUT2D eigenvalue weighted by atomic mass is 35.5. The number of amides is 1. The third-order valence-corrected chi connectivity index (χ3v) is 6.91. The van der Waals surface area contributed by atoms with Crippen LogP contribution in [0.1, 0.15) is 36.6 Å². The third kappa shape index (κ3) is 6.13. The topological polar surface area (TPSA) is 75.7 Å². The van der Waals surface area contributed by atoms with E-state index in [4.69, 9.17) is 16.3 Å². The van der Waals surface area contributed by atoms with Crippen LogP contribution in [0.3, 0.4) is 0 Å². The minimum Gasteiger partial charge on any atom is -0.410 e. The summed E-state index contributed by atoms with van der Waals surface area (Å²) in [6.45, 7) is 6.58. The molecule has 0 bridgehead atoms. The van der Waals surface area contributed by atoms with Gasteiger partial charge in [0.25, 0.3) is 0 Å². The Morgan fingerprint density at radius 3 is 2.24 bits per heavy atom. The van der Waals surface area contributed by atoms with Crippen molar-refractivity contribution in [3.8, 4) is 5.75 Å². The van der Waals surface area contributed by atoms with Crippen molar-refractivity contribution in [1.29, 1.82) is 0 Å². The molecule has 0 aromatic heterocycles. The van der Waals surface area contributed by atoms with Crippen molar-refractivity contribution in [3.05, 3.63) is 94.5 Å². The first-order chi connectivity index (χ1) is 15.7. The van der Waals surface area contributed by atoms with Gasteiger partial charge in [-0.05, 0) is 56.7 Å². The van der Waals surface area contributed by atoms with Crippen molar-refractivity contribution >= 4 is 27.7 Å². The Morgan fingerprint density at radius 1 is 1.00 bits per heavy atom. The van der Waals surface area contributed by atoms with Crippen LogP contribution in [0.15, 0.2) is 77.7 Å². The summed E-state index contributed by atoms with van der Waals surface area (Å²) in [4.78, 5) is 14.3. The zero-order valence-electron chi connectivity index (χ0n) is 18.8. The van der Waals surface area contributed by atoms with Crippen LogP contribution in [0.2, 0.25) is 5.02 Å². The summed E-state index contributed by atoms with van der Waals surface area (Å²) in [5, 5.41) is 0.392. The third-order valence-electron chi connectivity index (χ3n) is 5.24. The maximum atomic E-state index is 13.3. The zero-order chi connectivity index (χ0) is 24.0. The number of carbonyl (C=O) groups excluding carboxylic acids is 1. The van der Waals surface area contributed by atoms with Crippen LogP contribution in [-0.2, 0) is 10.0 Å². The summed E-state index contributed by atoms with van der Waals surface area (Å²) in [6.07, 6.45) is -0.517. The standard InChI is InChI=1S/C25H27ClN2O4S/c1-4-28(5-2)25(29)32-23-16-13-20(26)17-22(23)24(19-9-7-6-8-10-19)27-33(30,31)21-14-11-18(3)12-15-21/h6-17,24,27H,4-5H2,1-3H3/t24-/m0/s1. The molecule has 1 N–H and O–H groups in total. The van der Waals surface area contributed by atoms with E-state index in [0.717, 1.165) is 5.56 Å². The molecule has 0 aliphatic carbocycles. The van der Waals surface area contributed by atoms with Crippen LogP contribution < -0.4 is 9.46 Å². The maximum absolute atomic E-state index is 13.3. The minimum atomic E-state index is -3.90. The molecule has 3 aromatic carbocycles. The van der Waals surface area contributed by atoms with Crippen LogP contribution in [0.25, 0.3) is 0 Å². The van der Waals surface area contributed by atoms with Crippen molar-refractivity contribution in [2.24, 2.45) is 0 Å². The average Bonchev–Trinajstić information content (AvgIpc) is 2.80. The van der Waals surface area contributed by atoms with Gasteiger partial charge in [-0.15, -0.1) is 0 Å². The summed E-state index contributed by atoms with van der Waals surface area (Å²) in [7, 11) is -3.90. The lowest BCUT2D eigenvalue weighted by atomic mass is 9.99. The van der Waals surface area contributed by atoms with Crippen molar-refractivity contribution in [3.63, 3.8) is 0 Å². The largest absolute Gasteiger partial charge is 0.415 e. The van der Waals surface area contributed by atoms with Gasteiger partial charge in [-0.1, -0.05) is 59.6 Å².